The van der Waals surface area contributed by atoms with Crippen LogP contribution < -0.4 is 16.0 Å². The van der Waals surface area contributed by atoms with E-state index in [1.165, 1.54) is 0 Å². The van der Waals surface area contributed by atoms with Crippen molar-refractivity contribution in [2.45, 2.75) is 0 Å². The number of carbonyl (C=O) groups is 1. The van der Waals surface area contributed by atoms with E-state index < -0.39 is 0 Å². The minimum absolute atomic E-state index is 0.0339. The molecule has 0 aliphatic carbocycles. The van der Waals surface area contributed by atoms with Gasteiger partial charge in [-0.1, -0.05) is 6.07 Å². The Morgan fingerprint density at radius 3 is 2.55 bits per heavy atom. The fourth-order valence-corrected chi connectivity index (χ4v) is 1.72. The minimum Gasteiger partial charge on any atom is -0.492 e. The number of nitrogens with two attached hydrogens (primary N) is 1. The van der Waals surface area contributed by atoms with Gasteiger partial charge in [0.15, 0.2) is 0 Å². The Hall–Kier alpha value is -1.67. The third-order valence-electron chi connectivity index (χ3n) is 2.74. The smallest absolute Gasteiger partial charge is 0.265 e. The summed E-state index contributed by atoms with van der Waals surface area (Å²) in [7, 11) is 0. The first-order chi connectivity index (χ1) is 9.71. The summed E-state index contributed by atoms with van der Waals surface area (Å²) in [4.78, 5) is 13.2. The van der Waals surface area contributed by atoms with Crippen molar-refractivity contribution in [2.75, 3.05) is 39.5 Å². The van der Waals surface area contributed by atoms with Gasteiger partial charge in [0.1, 0.15) is 12.4 Å². The fourth-order valence-electron chi connectivity index (χ4n) is 1.72. The van der Waals surface area contributed by atoms with Gasteiger partial charge >= 0.3 is 0 Å². The summed E-state index contributed by atoms with van der Waals surface area (Å²) in [5.74, 6) is 5.26. The number of ether oxygens (including phenoxy) is 1. The highest BCUT2D eigenvalue weighted by Crippen LogP contribution is 2.13. The van der Waals surface area contributed by atoms with Crippen LogP contribution in [-0.2, 0) is 0 Å². The molecule has 0 unspecified atom stereocenters. The number of amides is 1. The predicted molar refractivity (Wildman–Crippen MR) is 74.2 cm³/mol. The topological polar surface area (TPSA) is 108 Å². The van der Waals surface area contributed by atoms with E-state index in [9.17, 15) is 4.79 Å². The lowest BCUT2D eigenvalue weighted by Crippen LogP contribution is -2.33. The first kappa shape index (κ1) is 16.4. The number of nitrogen functional groups attached to an aromatic ring is 1. The summed E-state index contributed by atoms with van der Waals surface area (Å²) in [6, 6.07) is 6.69. The van der Waals surface area contributed by atoms with E-state index in [1.807, 2.05) is 4.90 Å². The van der Waals surface area contributed by atoms with E-state index in [0.717, 1.165) is 0 Å². The van der Waals surface area contributed by atoms with Crippen molar-refractivity contribution in [3.8, 4) is 5.75 Å². The van der Waals surface area contributed by atoms with Crippen molar-refractivity contribution in [3.63, 3.8) is 0 Å². The summed E-state index contributed by atoms with van der Waals surface area (Å²) >= 11 is 0. The number of benzene rings is 1. The summed E-state index contributed by atoms with van der Waals surface area (Å²) in [6.07, 6.45) is 0. The number of hydrazine groups is 1. The maximum absolute atomic E-state index is 11.4. The number of rotatable bonds is 9. The first-order valence-electron chi connectivity index (χ1n) is 6.39. The second-order valence-corrected chi connectivity index (χ2v) is 4.14. The number of carbonyl (C=O) groups excluding carboxylic acids is 1. The molecule has 1 amide bonds. The molecule has 112 valence electrons. The van der Waals surface area contributed by atoms with E-state index in [1.54, 1.807) is 24.3 Å². The molecule has 0 aromatic heterocycles. The Morgan fingerprint density at radius 1 is 1.25 bits per heavy atom. The number of hydrogen-bond donors (Lipinski definition) is 4. The molecule has 20 heavy (non-hydrogen) atoms. The van der Waals surface area contributed by atoms with Crippen molar-refractivity contribution >= 4 is 5.91 Å². The summed E-state index contributed by atoms with van der Waals surface area (Å²) in [5, 5.41) is 17.8. The van der Waals surface area contributed by atoms with Crippen LogP contribution >= 0.6 is 0 Å². The fraction of sp³-hybridized carbons (Fsp3) is 0.462. The Balaban J connectivity index is 2.46. The number of aliphatic hydroxyl groups is 2. The zero-order valence-electron chi connectivity index (χ0n) is 11.3. The van der Waals surface area contributed by atoms with Crippen LogP contribution in [0.2, 0.25) is 0 Å². The van der Waals surface area contributed by atoms with Crippen LogP contribution in [0.1, 0.15) is 10.4 Å². The highest BCUT2D eigenvalue weighted by molar-refractivity contribution is 5.94. The van der Waals surface area contributed by atoms with Crippen LogP contribution in [0.4, 0.5) is 0 Å². The standard InChI is InChI=1S/C13H21N3O4/c14-15-13(19)11-2-1-3-12(10-11)20-9-6-16(4-7-17)5-8-18/h1-3,10,17-18H,4-9,14H2,(H,15,19). The largest absolute Gasteiger partial charge is 0.492 e. The first-order valence-corrected chi connectivity index (χ1v) is 6.39. The molecule has 7 heteroatoms. The van der Waals surface area contributed by atoms with Crippen LogP contribution in [0.3, 0.4) is 0 Å². The van der Waals surface area contributed by atoms with E-state index in [2.05, 4.69) is 5.43 Å². The van der Waals surface area contributed by atoms with Gasteiger partial charge in [0, 0.05) is 25.2 Å². The van der Waals surface area contributed by atoms with Crippen LogP contribution in [0.25, 0.3) is 0 Å². The Bertz CT molecular complexity index is 408. The van der Waals surface area contributed by atoms with Crippen molar-refractivity contribution in [2.24, 2.45) is 5.84 Å². The maximum Gasteiger partial charge on any atom is 0.265 e. The predicted octanol–water partition coefficient (Wildman–Crippen LogP) is -1.04. The van der Waals surface area contributed by atoms with Crippen LogP contribution in [0.5, 0.6) is 5.75 Å². The third-order valence-corrected chi connectivity index (χ3v) is 2.74. The second kappa shape index (κ2) is 9.27. The van der Waals surface area contributed by atoms with Gasteiger partial charge < -0.3 is 14.9 Å². The molecule has 7 nitrogen and oxygen atoms in total. The molecule has 0 fully saturated rings. The van der Waals surface area contributed by atoms with Crippen molar-refractivity contribution in [1.82, 2.24) is 10.3 Å². The van der Waals surface area contributed by atoms with Crippen LogP contribution in [-0.4, -0.2) is 60.5 Å². The zero-order chi connectivity index (χ0) is 14.8. The average molecular weight is 283 g/mol. The molecule has 1 rings (SSSR count). The van der Waals surface area contributed by atoms with Gasteiger partial charge in [0.25, 0.3) is 5.91 Å². The monoisotopic (exact) mass is 283 g/mol. The molecule has 0 bridgehead atoms. The number of hydrogen-bond acceptors (Lipinski definition) is 6. The Morgan fingerprint density at radius 2 is 1.95 bits per heavy atom. The van der Waals surface area contributed by atoms with Gasteiger partial charge in [0.2, 0.25) is 0 Å². The molecule has 0 saturated heterocycles. The molecule has 0 spiro atoms. The van der Waals surface area contributed by atoms with Gasteiger partial charge in [-0.25, -0.2) is 5.84 Å². The minimum atomic E-state index is -0.377. The molecule has 0 aliphatic heterocycles. The van der Waals surface area contributed by atoms with Gasteiger partial charge in [0.05, 0.1) is 13.2 Å². The number of nitrogens with one attached hydrogen (secondary N) is 1. The molecular weight excluding hydrogens is 262 g/mol. The Kier molecular flexibility index (Phi) is 7.59. The van der Waals surface area contributed by atoms with Crippen molar-refractivity contribution in [3.05, 3.63) is 29.8 Å². The molecule has 1 aromatic rings. The third kappa shape index (κ3) is 5.54. The van der Waals surface area contributed by atoms with Gasteiger partial charge in [-0.15, -0.1) is 0 Å². The van der Waals surface area contributed by atoms with E-state index >= 15 is 0 Å². The van der Waals surface area contributed by atoms with Gasteiger partial charge in [-0.3, -0.25) is 15.1 Å². The molecule has 1 aromatic carbocycles. The molecule has 0 heterocycles. The van der Waals surface area contributed by atoms with Crippen molar-refractivity contribution < 1.29 is 19.7 Å². The highest BCUT2D eigenvalue weighted by atomic mass is 16.5. The lowest BCUT2D eigenvalue weighted by molar-refractivity contribution is 0.0953. The zero-order valence-corrected chi connectivity index (χ0v) is 11.3. The maximum atomic E-state index is 11.4. The number of nitrogens with zero attached hydrogens (tertiary/aromatic N) is 1. The number of aliphatic hydroxyl groups excluding tert-OH is 2. The van der Waals surface area contributed by atoms with Gasteiger partial charge in [-0.05, 0) is 18.2 Å². The van der Waals surface area contributed by atoms with Crippen LogP contribution in [0.15, 0.2) is 24.3 Å². The molecular formula is C13H21N3O4. The van der Waals surface area contributed by atoms with Crippen LogP contribution in [0, 0.1) is 0 Å². The summed E-state index contributed by atoms with van der Waals surface area (Å²) in [6.45, 7) is 2.01. The second-order valence-electron chi connectivity index (χ2n) is 4.14. The lowest BCUT2D eigenvalue weighted by Gasteiger charge is -2.20. The summed E-state index contributed by atoms with van der Waals surface area (Å²) in [5.41, 5.74) is 2.48. The van der Waals surface area contributed by atoms with E-state index in [0.29, 0.717) is 37.6 Å². The Labute approximate surface area is 117 Å². The molecule has 0 atom stereocenters. The summed E-state index contributed by atoms with van der Waals surface area (Å²) < 4.78 is 5.54. The average Bonchev–Trinajstić information content (AvgIpc) is 2.47. The molecule has 0 saturated carbocycles. The molecule has 0 radical (unpaired) electrons. The van der Waals surface area contributed by atoms with E-state index in [4.69, 9.17) is 20.8 Å². The normalized spacial score (nSPS) is 10.6. The molecule has 5 N–H and O–H groups in total. The van der Waals surface area contributed by atoms with Crippen molar-refractivity contribution in [1.29, 1.82) is 0 Å². The SMILES string of the molecule is NNC(=O)c1cccc(OCCN(CCO)CCO)c1. The quantitative estimate of drug-likeness (QED) is 0.262. The highest BCUT2D eigenvalue weighted by Gasteiger charge is 2.06. The molecule has 0 aliphatic rings. The lowest BCUT2D eigenvalue weighted by atomic mass is 10.2. The van der Waals surface area contributed by atoms with E-state index in [-0.39, 0.29) is 19.1 Å². The van der Waals surface area contributed by atoms with Gasteiger partial charge in [-0.2, -0.15) is 0 Å².